The molecule has 0 fully saturated rings. The number of hydrogen-bond donors (Lipinski definition) is 1. The minimum atomic E-state index is -0.203. The van der Waals surface area contributed by atoms with Crippen molar-refractivity contribution in [2.45, 2.75) is 16.6 Å². The maximum Gasteiger partial charge on any atom is 0.206 e. The molecule has 0 bridgehead atoms. The largest absolute Gasteiger partial charge is 0.356 e. The van der Waals surface area contributed by atoms with Crippen LogP contribution < -0.4 is 5.32 Å². The van der Waals surface area contributed by atoms with Gasteiger partial charge in [0.15, 0.2) is 4.34 Å². The average molecular weight is 400 g/mol. The van der Waals surface area contributed by atoms with Gasteiger partial charge in [0, 0.05) is 22.3 Å². The lowest BCUT2D eigenvalue weighted by Gasteiger charge is -2.05. The van der Waals surface area contributed by atoms with E-state index >= 15 is 0 Å². The van der Waals surface area contributed by atoms with Gasteiger partial charge < -0.3 is 5.32 Å². The SMILES string of the molecule is Fc1ccccc1CSc1nnc(NCc2ccc(Cl)cc2Cl)s1. The van der Waals surface area contributed by atoms with Gasteiger partial charge in [-0.2, -0.15) is 0 Å². The topological polar surface area (TPSA) is 37.8 Å². The molecule has 0 atom stereocenters. The first-order chi connectivity index (χ1) is 11.6. The van der Waals surface area contributed by atoms with Crippen LogP contribution in [0.2, 0.25) is 10.0 Å². The van der Waals surface area contributed by atoms with Gasteiger partial charge in [0.2, 0.25) is 5.13 Å². The number of nitrogens with zero attached hydrogens (tertiary/aromatic N) is 2. The van der Waals surface area contributed by atoms with Gasteiger partial charge in [-0.1, -0.05) is 70.6 Å². The van der Waals surface area contributed by atoms with Crippen molar-refractivity contribution in [2.24, 2.45) is 0 Å². The summed E-state index contributed by atoms with van der Waals surface area (Å²) in [5.74, 6) is 0.315. The van der Waals surface area contributed by atoms with E-state index in [4.69, 9.17) is 23.2 Å². The molecule has 0 saturated carbocycles. The second kappa shape index (κ2) is 8.16. The molecule has 2 aromatic carbocycles. The standard InChI is InChI=1S/C16H12Cl2FN3S2/c17-12-6-5-10(13(18)7-12)8-20-15-21-22-16(24-15)23-9-11-3-1-2-4-14(11)19/h1-7H,8-9H2,(H,20,21). The lowest BCUT2D eigenvalue weighted by molar-refractivity contribution is 0.617. The third-order valence-corrected chi connectivity index (χ3v) is 5.81. The fraction of sp³-hybridized carbons (Fsp3) is 0.125. The van der Waals surface area contributed by atoms with E-state index in [-0.39, 0.29) is 5.82 Å². The first-order valence-corrected chi connectivity index (χ1v) is 9.55. The van der Waals surface area contributed by atoms with Crippen molar-refractivity contribution >= 4 is 51.4 Å². The Morgan fingerprint density at radius 3 is 2.71 bits per heavy atom. The van der Waals surface area contributed by atoms with Crippen molar-refractivity contribution in [1.29, 1.82) is 0 Å². The smallest absolute Gasteiger partial charge is 0.206 e. The van der Waals surface area contributed by atoms with Gasteiger partial charge in [-0.25, -0.2) is 4.39 Å². The van der Waals surface area contributed by atoms with Crippen molar-refractivity contribution in [3.63, 3.8) is 0 Å². The van der Waals surface area contributed by atoms with Gasteiger partial charge in [-0.05, 0) is 29.3 Å². The summed E-state index contributed by atoms with van der Waals surface area (Å²) in [6, 6.07) is 12.1. The lowest BCUT2D eigenvalue weighted by Crippen LogP contribution is -1.99. The number of thioether (sulfide) groups is 1. The monoisotopic (exact) mass is 399 g/mol. The molecule has 124 valence electrons. The van der Waals surface area contributed by atoms with Gasteiger partial charge in [0.05, 0.1) is 0 Å². The van der Waals surface area contributed by atoms with E-state index < -0.39 is 0 Å². The van der Waals surface area contributed by atoms with Crippen LogP contribution in [0.5, 0.6) is 0 Å². The van der Waals surface area contributed by atoms with Crippen molar-refractivity contribution < 1.29 is 4.39 Å². The number of nitrogens with one attached hydrogen (secondary N) is 1. The highest BCUT2D eigenvalue weighted by molar-refractivity contribution is 8.00. The molecule has 0 aliphatic carbocycles. The molecule has 0 amide bonds. The summed E-state index contributed by atoms with van der Waals surface area (Å²) in [6.45, 7) is 0.530. The van der Waals surface area contributed by atoms with Gasteiger partial charge in [0.25, 0.3) is 0 Å². The maximum atomic E-state index is 13.6. The molecule has 3 nitrogen and oxygen atoms in total. The number of hydrogen-bond acceptors (Lipinski definition) is 5. The van der Waals surface area contributed by atoms with Crippen molar-refractivity contribution in [3.8, 4) is 0 Å². The van der Waals surface area contributed by atoms with Crippen LogP contribution in [-0.4, -0.2) is 10.2 Å². The normalized spacial score (nSPS) is 10.8. The van der Waals surface area contributed by atoms with Gasteiger partial charge in [0.1, 0.15) is 5.82 Å². The molecule has 0 saturated heterocycles. The second-order valence-electron chi connectivity index (χ2n) is 4.84. The first-order valence-electron chi connectivity index (χ1n) is 6.99. The molecular formula is C16H12Cl2FN3S2. The highest BCUT2D eigenvalue weighted by Gasteiger charge is 2.08. The van der Waals surface area contributed by atoms with Crippen LogP contribution in [0.4, 0.5) is 9.52 Å². The van der Waals surface area contributed by atoms with E-state index in [1.165, 1.54) is 29.2 Å². The van der Waals surface area contributed by atoms with Crippen molar-refractivity contribution in [3.05, 3.63) is 69.5 Å². The van der Waals surface area contributed by atoms with Crippen LogP contribution in [0.15, 0.2) is 46.8 Å². The van der Waals surface area contributed by atoms with E-state index in [1.54, 1.807) is 24.3 Å². The zero-order valence-electron chi connectivity index (χ0n) is 12.3. The summed E-state index contributed by atoms with van der Waals surface area (Å²) in [7, 11) is 0. The highest BCUT2D eigenvalue weighted by Crippen LogP contribution is 2.29. The Morgan fingerprint density at radius 1 is 1.08 bits per heavy atom. The van der Waals surface area contributed by atoms with E-state index in [0.717, 1.165) is 9.90 Å². The Labute approximate surface area is 157 Å². The quantitative estimate of drug-likeness (QED) is 0.524. The number of halogens is 3. The molecule has 0 unspecified atom stereocenters. The van der Waals surface area contributed by atoms with Gasteiger partial charge in [-0.3, -0.25) is 0 Å². The first kappa shape index (κ1) is 17.5. The predicted molar refractivity (Wildman–Crippen MR) is 99.7 cm³/mol. The minimum absolute atomic E-state index is 0.203. The van der Waals surface area contributed by atoms with Crippen LogP contribution >= 0.6 is 46.3 Å². The molecule has 0 aliphatic heterocycles. The molecule has 1 heterocycles. The molecule has 3 rings (SSSR count). The Balaban J connectivity index is 1.56. The maximum absolute atomic E-state index is 13.6. The fourth-order valence-corrected chi connectivity index (χ4v) is 4.14. The molecule has 1 N–H and O–H groups in total. The zero-order chi connectivity index (χ0) is 16.9. The third kappa shape index (κ3) is 4.60. The Kier molecular flexibility index (Phi) is 5.94. The van der Waals surface area contributed by atoms with Crippen LogP contribution in [-0.2, 0) is 12.3 Å². The second-order valence-corrected chi connectivity index (χ2v) is 7.89. The number of rotatable bonds is 6. The highest BCUT2D eigenvalue weighted by atomic mass is 35.5. The zero-order valence-corrected chi connectivity index (χ0v) is 15.4. The van der Waals surface area contributed by atoms with Gasteiger partial charge >= 0.3 is 0 Å². The van der Waals surface area contributed by atoms with E-state index in [2.05, 4.69) is 15.5 Å². The molecule has 8 heteroatoms. The van der Waals surface area contributed by atoms with Crippen LogP contribution in [0.25, 0.3) is 0 Å². The third-order valence-electron chi connectivity index (χ3n) is 3.16. The Bertz CT molecular complexity index is 842. The summed E-state index contributed by atoms with van der Waals surface area (Å²) in [5, 5.41) is 13.3. The fourth-order valence-electron chi connectivity index (χ4n) is 1.93. The minimum Gasteiger partial charge on any atom is -0.356 e. The number of anilines is 1. The predicted octanol–water partition coefficient (Wildman–Crippen LogP) is 5.89. The number of aromatic nitrogens is 2. The molecular weight excluding hydrogens is 388 g/mol. The summed E-state index contributed by atoms with van der Waals surface area (Å²) < 4.78 is 14.4. The van der Waals surface area contributed by atoms with Crippen molar-refractivity contribution in [2.75, 3.05) is 5.32 Å². The van der Waals surface area contributed by atoms with E-state index in [1.807, 2.05) is 12.1 Å². The molecule has 1 aromatic heterocycles. The van der Waals surface area contributed by atoms with Gasteiger partial charge in [-0.15, -0.1) is 10.2 Å². The molecule has 0 aliphatic rings. The summed E-state index contributed by atoms with van der Waals surface area (Å²) in [5.41, 5.74) is 1.58. The molecule has 0 spiro atoms. The van der Waals surface area contributed by atoms with Crippen LogP contribution in [0.3, 0.4) is 0 Å². The van der Waals surface area contributed by atoms with Crippen LogP contribution in [0, 0.1) is 5.82 Å². The van der Waals surface area contributed by atoms with E-state index in [0.29, 0.717) is 33.0 Å². The summed E-state index contributed by atoms with van der Waals surface area (Å²) in [6.07, 6.45) is 0. The molecule has 0 radical (unpaired) electrons. The molecule has 24 heavy (non-hydrogen) atoms. The summed E-state index contributed by atoms with van der Waals surface area (Å²) >= 11 is 14.9. The summed E-state index contributed by atoms with van der Waals surface area (Å²) in [4.78, 5) is 0. The van der Waals surface area contributed by atoms with Crippen LogP contribution in [0.1, 0.15) is 11.1 Å². The molecule has 3 aromatic rings. The average Bonchev–Trinajstić information content (AvgIpc) is 3.01. The Hall–Kier alpha value is -1.34. The Morgan fingerprint density at radius 2 is 1.92 bits per heavy atom. The lowest BCUT2D eigenvalue weighted by atomic mass is 10.2. The van der Waals surface area contributed by atoms with E-state index in [9.17, 15) is 4.39 Å². The number of benzene rings is 2. The van der Waals surface area contributed by atoms with Crippen molar-refractivity contribution in [1.82, 2.24) is 10.2 Å².